The summed E-state index contributed by atoms with van der Waals surface area (Å²) in [4.78, 5) is 17.1. The Bertz CT molecular complexity index is 904. The number of methoxy groups -OCH3 is 1. The molecule has 0 spiro atoms. The highest BCUT2D eigenvalue weighted by Gasteiger charge is 2.27. The number of ether oxygens (including phenoxy) is 2. The van der Waals surface area contributed by atoms with E-state index in [9.17, 15) is 4.79 Å². The number of carbonyl (C=O) groups is 1. The van der Waals surface area contributed by atoms with E-state index in [1.807, 2.05) is 42.5 Å². The van der Waals surface area contributed by atoms with Crippen LogP contribution in [-0.4, -0.2) is 25.4 Å². The third-order valence-electron chi connectivity index (χ3n) is 3.87. The Morgan fingerprint density at radius 3 is 2.63 bits per heavy atom. The summed E-state index contributed by atoms with van der Waals surface area (Å²) in [6.45, 7) is 4.73. The van der Waals surface area contributed by atoms with Gasteiger partial charge in [-0.3, -0.25) is 0 Å². The fraction of sp³-hybridized carbons (Fsp3) is 0.238. The summed E-state index contributed by atoms with van der Waals surface area (Å²) >= 11 is 3.53. The quantitative estimate of drug-likeness (QED) is 0.486. The zero-order valence-corrected chi connectivity index (χ0v) is 16.9. The van der Waals surface area contributed by atoms with Gasteiger partial charge in [0.1, 0.15) is 5.71 Å². The van der Waals surface area contributed by atoms with Crippen LogP contribution in [-0.2, 0) is 9.63 Å². The van der Waals surface area contributed by atoms with E-state index in [0.29, 0.717) is 35.3 Å². The minimum atomic E-state index is -0.482. The van der Waals surface area contributed by atoms with Gasteiger partial charge in [0.15, 0.2) is 11.5 Å². The molecule has 3 rings (SSSR count). The molecule has 0 unspecified atom stereocenters. The van der Waals surface area contributed by atoms with Gasteiger partial charge in [-0.2, -0.15) is 0 Å². The van der Waals surface area contributed by atoms with E-state index in [2.05, 4.69) is 34.9 Å². The number of benzene rings is 2. The van der Waals surface area contributed by atoms with E-state index >= 15 is 0 Å². The third-order valence-corrected chi connectivity index (χ3v) is 4.45. The summed E-state index contributed by atoms with van der Waals surface area (Å²) in [6, 6.07) is 13.1. The smallest absolute Gasteiger partial charge is 0.368 e. The molecule has 5 nitrogen and oxygen atoms in total. The maximum absolute atomic E-state index is 12.2. The molecule has 1 aliphatic rings. The molecule has 0 bridgehead atoms. The van der Waals surface area contributed by atoms with Crippen LogP contribution in [0.5, 0.6) is 11.5 Å². The van der Waals surface area contributed by atoms with Crippen LogP contribution in [0.1, 0.15) is 25.0 Å². The van der Waals surface area contributed by atoms with Gasteiger partial charge in [0.05, 0.1) is 23.8 Å². The number of halogens is 1. The number of oxime groups is 1. The molecule has 0 fully saturated rings. The molecule has 0 amide bonds. The predicted molar refractivity (Wildman–Crippen MR) is 108 cm³/mol. The lowest BCUT2D eigenvalue weighted by atomic mass is 10.0. The van der Waals surface area contributed by atoms with Gasteiger partial charge in [0.25, 0.3) is 0 Å². The predicted octanol–water partition coefficient (Wildman–Crippen LogP) is 4.84. The van der Waals surface area contributed by atoms with Crippen molar-refractivity contribution in [3.05, 3.63) is 63.6 Å². The van der Waals surface area contributed by atoms with E-state index in [4.69, 9.17) is 14.3 Å². The SMILES string of the molecule is COc1cc(C=C2C(=O)ON=C2c2ccccc2)cc(Br)c1OCC(C)C. The van der Waals surface area contributed by atoms with Crippen molar-refractivity contribution in [3.63, 3.8) is 0 Å². The first-order chi connectivity index (χ1) is 13.0. The molecule has 140 valence electrons. The molecule has 0 saturated carbocycles. The largest absolute Gasteiger partial charge is 0.493 e. The fourth-order valence-corrected chi connectivity index (χ4v) is 3.17. The van der Waals surface area contributed by atoms with Gasteiger partial charge in [0.2, 0.25) is 0 Å². The zero-order valence-electron chi connectivity index (χ0n) is 15.4. The second kappa shape index (κ2) is 8.39. The number of hydrogen-bond donors (Lipinski definition) is 0. The van der Waals surface area contributed by atoms with Gasteiger partial charge >= 0.3 is 5.97 Å². The van der Waals surface area contributed by atoms with E-state index in [1.165, 1.54) is 0 Å². The molecule has 2 aromatic carbocycles. The van der Waals surface area contributed by atoms with Gasteiger partial charge in [-0.25, -0.2) is 4.79 Å². The monoisotopic (exact) mass is 429 g/mol. The van der Waals surface area contributed by atoms with Crippen LogP contribution in [0, 0.1) is 5.92 Å². The summed E-state index contributed by atoms with van der Waals surface area (Å²) in [7, 11) is 1.58. The molecule has 27 heavy (non-hydrogen) atoms. The molecule has 0 atom stereocenters. The Morgan fingerprint density at radius 2 is 1.96 bits per heavy atom. The summed E-state index contributed by atoms with van der Waals surface area (Å²) < 4.78 is 12.1. The molecule has 0 saturated heterocycles. The first-order valence-corrected chi connectivity index (χ1v) is 9.36. The highest BCUT2D eigenvalue weighted by atomic mass is 79.9. The Labute approximate surface area is 166 Å². The van der Waals surface area contributed by atoms with Crippen LogP contribution >= 0.6 is 15.9 Å². The summed E-state index contributed by atoms with van der Waals surface area (Å²) in [5.74, 6) is 1.13. The van der Waals surface area contributed by atoms with Gasteiger partial charge < -0.3 is 14.3 Å². The van der Waals surface area contributed by atoms with Crippen molar-refractivity contribution in [3.8, 4) is 11.5 Å². The highest BCUT2D eigenvalue weighted by Crippen LogP contribution is 2.38. The van der Waals surface area contributed by atoms with Crippen molar-refractivity contribution in [2.24, 2.45) is 11.1 Å². The Balaban J connectivity index is 1.97. The van der Waals surface area contributed by atoms with Gasteiger partial charge in [-0.15, -0.1) is 0 Å². The van der Waals surface area contributed by atoms with Crippen LogP contribution < -0.4 is 9.47 Å². The molecule has 2 aromatic rings. The standard InChI is InChI=1S/C21H20BrNO4/c1-13(2)12-26-20-17(22)10-14(11-18(20)25-3)9-16-19(23-27-21(16)24)15-7-5-4-6-8-15/h4-11,13H,12H2,1-3H3. The van der Waals surface area contributed by atoms with E-state index < -0.39 is 5.97 Å². The Kier molecular flexibility index (Phi) is 5.96. The van der Waals surface area contributed by atoms with Crippen LogP contribution in [0.15, 0.2) is 57.7 Å². The summed E-state index contributed by atoms with van der Waals surface area (Å²) in [5.41, 5.74) is 2.49. The van der Waals surface area contributed by atoms with E-state index in [-0.39, 0.29) is 0 Å². The fourth-order valence-electron chi connectivity index (χ4n) is 2.59. The van der Waals surface area contributed by atoms with Crippen molar-refractivity contribution >= 4 is 33.7 Å². The van der Waals surface area contributed by atoms with Crippen molar-refractivity contribution in [2.45, 2.75) is 13.8 Å². The van der Waals surface area contributed by atoms with Crippen molar-refractivity contribution in [2.75, 3.05) is 13.7 Å². The van der Waals surface area contributed by atoms with Gasteiger partial charge in [-0.1, -0.05) is 49.3 Å². The second-order valence-corrected chi connectivity index (χ2v) is 7.34. The molecule has 1 aliphatic heterocycles. The van der Waals surface area contributed by atoms with Crippen molar-refractivity contribution in [1.29, 1.82) is 0 Å². The van der Waals surface area contributed by atoms with Crippen LogP contribution in [0.2, 0.25) is 0 Å². The molecule has 0 aliphatic carbocycles. The molecule has 0 radical (unpaired) electrons. The summed E-state index contributed by atoms with van der Waals surface area (Å²) in [5, 5.41) is 3.93. The third kappa shape index (κ3) is 4.39. The van der Waals surface area contributed by atoms with E-state index in [0.717, 1.165) is 15.6 Å². The lowest BCUT2D eigenvalue weighted by Gasteiger charge is -2.15. The lowest BCUT2D eigenvalue weighted by molar-refractivity contribution is -0.136. The maximum Gasteiger partial charge on any atom is 0.368 e. The van der Waals surface area contributed by atoms with Gasteiger partial charge in [-0.05, 0) is 45.6 Å². The van der Waals surface area contributed by atoms with Gasteiger partial charge in [0, 0.05) is 5.56 Å². The second-order valence-electron chi connectivity index (χ2n) is 6.48. The van der Waals surface area contributed by atoms with Crippen molar-refractivity contribution in [1.82, 2.24) is 0 Å². The van der Waals surface area contributed by atoms with E-state index in [1.54, 1.807) is 13.2 Å². The molecular weight excluding hydrogens is 410 g/mol. The average Bonchev–Trinajstić information content (AvgIpc) is 3.01. The normalized spacial score (nSPS) is 15.1. The average molecular weight is 430 g/mol. The molecule has 6 heteroatoms. The molecule has 1 heterocycles. The minimum absolute atomic E-state index is 0.390. The zero-order chi connectivity index (χ0) is 19.4. The van der Waals surface area contributed by atoms with Crippen LogP contribution in [0.4, 0.5) is 0 Å². The molecule has 0 aromatic heterocycles. The first-order valence-electron chi connectivity index (χ1n) is 8.56. The number of carbonyl (C=O) groups excluding carboxylic acids is 1. The summed E-state index contributed by atoms with van der Waals surface area (Å²) in [6.07, 6.45) is 1.74. The maximum atomic E-state index is 12.2. The van der Waals surface area contributed by atoms with Crippen LogP contribution in [0.3, 0.4) is 0 Å². The highest BCUT2D eigenvalue weighted by molar-refractivity contribution is 9.10. The topological polar surface area (TPSA) is 57.1 Å². The van der Waals surface area contributed by atoms with Crippen LogP contribution in [0.25, 0.3) is 6.08 Å². The number of hydrogen-bond acceptors (Lipinski definition) is 5. The molecular formula is C21H20BrNO4. The minimum Gasteiger partial charge on any atom is -0.493 e. The Morgan fingerprint density at radius 1 is 1.22 bits per heavy atom. The Hall–Kier alpha value is -2.60. The lowest BCUT2D eigenvalue weighted by Crippen LogP contribution is -2.07. The van der Waals surface area contributed by atoms with Crippen molar-refractivity contribution < 1.29 is 19.1 Å². The number of rotatable bonds is 6. The molecule has 0 N–H and O–H groups in total. The number of nitrogens with zero attached hydrogens (tertiary/aromatic N) is 1. The first kappa shape index (κ1) is 19.2.